The Kier molecular flexibility index (Phi) is 3.65. The van der Waals surface area contributed by atoms with Crippen molar-refractivity contribution >= 4 is 5.69 Å². The molecule has 1 saturated carbocycles. The van der Waals surface area contributed by atoms with Gasteiger partial charge < -0.3 is 10.1 Å². The monoisotopic (exact) mass is 220 g/mol. The molecule has 0 saturated heterocycles. The minimum absolute atomic E-state index is 0.537. The molecule has 1 aromatic heterocycles. The number of nitrogens with one attached hydrogen (secondary N) is 1. The minimum atomic E-state index is 0.537. The van der Waals surface area contributed by atoms with Gasteiger partial charge in [0.2, 0.25) is 5.88 Å². The van der Waals surface area contributed by atoms with Gasteiger partial charge in [-0.15, -0.1) is 0 Å². The highest BCUT2D eigenvalue weighted by Gasteiger charge is 2.21. The molecule has 0 radical (unpaired) electrons. The van der Waals surface area contributed by atoms with E-state index < -0.39 is 0 Å². The molecule has 3 nitrogen and oxygen atoms in total. The molecule has 0 aromatic carbocycles. The maximum Gasteiger partial charge on any atom is 0.214 e. The lowest BCUT2D eigenvalue weighted by atomic mass is 10.00. The van der Waals surface area contributed by atoms with E-state index in [1.807, 2.05) is 12.1 Å². The third kappa shape index (κ3) is 2.65. The predicted molar refractivity (Wildman–Crippen MR) is 65.8 cm³/mol. The third-order valence-corrected chi connectivity index (χ3v) is 3.45. The van der Waals surface area contributed by atoms with Gasteiger partial charge in [-0.25, -0.2) is 4.98 Å². The summed E-state index contributed by atoms with van der Waals surface area (Å²) in [6.07, 6.45) is 7.27. The first-order chi connectivity index (χ1) is 7.79. The summed E-state index contributed by atoms with van der Waals surface area (Å²) in [5, 5.41) is 3.54. The van der Waals surface area contributed by atoms with Crippen LogP contribution in [0.25, 0.3) is 0 Å². The SMILES string of the molecule is COc1cc(NC(C)C2CCCC2)ccn1. The van der Waals surface area contributed by atoms with Gasteiger partial charge in [0.1, 0.15) is 0 Å². The van der Waals surface area contributed by atoms with Crippen molar-refractivity contribution in [1.29, 1.82) is 0 Å². The molecule has 1 fully saturated rings. The maximum absolute atomic E-state index is 5.11. The average molecular weight is 220 g/mol. The van der Waals surface area contributed by atoms with E-state index in [0.29, 0.717) is 11.9 Å². The highest BCUT2D eigenvalue weighted by Crippen LogP contribution is 2.29. The van der Waals surface area contributed by atoms with Crippen LogP contribution < -0.4 is 10.1 Å². The van der Waals surface area contributed by atoms with Gasteiger partial charge in [-0.2, -0.15) is 0 Å². The summed E-state index contributed by atoms with van der Waals surface area (Å²) in [5.41, 5.74) is 1.10. The van der Waals surface area contributed by atoms with Gasteiger partial charge >= 0.3 is 0 Å². The summed E-state index contributed by atoms with van der Waals surface area (Å²) < 4.78 is 5.11. The molecule has 16 heavy (non-hydrogen) atoms. The lowest BCUT2D eigenvalue weighted by molar-refractivity contribution is 0.398. The van der Waals surface area contributed by atoms with Gasteiger partial charge in [-0.05, 0) is 31.7 Å². The van der Waals surface area contributed by atoms with Crippen LogP contribution in [0.4, 0.5) is 5.69 Å². The van der Waals surface area contributed by atoms with Crippen molar-refractivity contribution in [2.75, 3.05) is 12.4 Å². The summed E-state index contributed by atoms with van der Waals surface area (Å²) in [6.45, 7) is 2.27. The highest BCUT2D eigenvalue weighted by molar-refractivity contribution is 5.45. The van der Waals surface area contributed by atoms with Crippen LogP contribution in [-0.4, -0.2) is 18.1 Å². The molecular formula is C13H20N2O. The Labute approximate surface area is 97.2 Å². The number of nitrogens with zero attached hydrogens (tertiary/aromatic N) is 1. The van der Waals surface area contributed by atoms with E-state index in [-0.39, 0.29) is 0 Å². The fourth-order valence-electron chi connectivity index (χ4n) is 2.45. The fraction of sp³-hybridized carbons (Fsp3) is 0.615. The van der Waals surface area contributed by atoms with Crippen LogP contribution >= 0.6 is 0 Å². The Morgan fingerprint density at radius 1 is 1.44 bits per heavy atom. The molecule has 0 bridgehead atoms. The summed E-state index contributed by atoms with van der Waals surface area (Å²) in [4.78, 5) is 4.10. The largest absolute Gasteiger partial charge is 0.481 e. The Morgan fingerprint density at radius 3 is 2.88 bits per heavy atom. The summed E-state index contributed by atoms with van der Waals surface area (Å²) >= 11 is 0. The molecule has 2 rings (SSSR count). The topological polar surface area (TPSA) is 34.1 Å². The Balaban J connectivity index is 1.96. The van der Waals surface area contributed by atoms with Crippen molar-refractivity contribution in [2.24, 2.45) is 5.92 Å². The molecule has 1 unspecified atom stereocenters. The van der Waals surface area contributed by atoms with Crippen LogP contribution in [0.3, 0.4) is 0 Å². The number of anilines is 1. The van der Waals surface area contributed by atoms with Gasteiger partial charge in [0.05, 0.1) is 7.11 Å². The second kappa shape index (κ2) is 5.19. The first-order valence-electron chi connectivity index (χ1n) is 6.06. The van der Waals surface area contributed by atoms with E-state index in [0.717, 1.165) is 11.6 Å². The van der Waals surface area contributed by atoms with Crippen LogP contribution in [-0.2, 0) is 0 Å². The zero-order valence-corrected chi connectivity index (χ0v) is 10.1. The number of aromatic nitrogens is 1. The second-order valence-electron chi connectivity index (χ2n) is 4.56. The first kappa shape index (κ1) is 11.2. The summed E-state index contributed by atoms with van der Waals surface area (Å²) in [5.74, 6) is 1.49. The molecule has 0 amide bonds. The lowest BCUT2D eigenvalue weighted by Crippen LogP contribution is -2.23. The van der Waals surface area contributed by atoms with E-state index >= 15 is 0 Å². The molecule has 88 valence electrons. The van der Waals surface area contributed by atoms with Crippen molar-refractivity contribution in [2.45, 2.75) is 38.6 Å². The minimum Gasteiger partial charge on any atom is -0.481 e. The summed E-state index contributed by atoms with van der Waals surface area (Å²) in [7, 11) is 1.65. The fourth-order valence-corrected chi connectivity index (χ4v) is 2.45. The number of methoxy groups -OCH3 is 1. The normalized spacial score (nSPS) is 18.4. The van der Waals surface area contributed by atoms with Gasteiger partial charge in [-0.3, -0.25) is 0 Å². The molecule has 0 spiro atoms. The van der Waals surface area contributed by atoms with E-state index in [9.17, 15) is 0 Å². The molecule has 1 atom stereocenters. The van der Waals surface area contributed by atoms with E-state index in [1.165, 1.54) is 25.7 Å². The number of hydrogen-bond acceptors (Lipinski definition) is 3. The Hall–Kier alpha value is -1.25. The molecule has 1 aliphatic rings. The standard InChI is InChI=1S/C13H20N2O/c1-10(11-5-3-4-6-11)15-12-7-8-14-13(9-12)16-2/h7-11H,3-6H2,1-2H3,(H,14,15). The van der Waals surface area contributed by atoms with Crippen LogP contribution in [0, 0.1) is 5.92 Å². The smallest absolute Gasteiger partial charge is 0.214 e. The highest BCUT2D eigenvalue weighted by atomic mass is 16.5. The third-order valence-electron chi connectivity index (χ3n) is 3.45. The number of rotatable bonds is 4. The number of pyridine rings is 1. The van der Waals surface area contributed by atoms with Crippen LogP contribution in [0.15, 0.2) is 18.3 Å². The second-order valence-corrected chi connectivity index (χ2v) is 4.56. The molecule has 1 N–H and O–H groups in total. The molecule has 1 aromatic rings. The molecule has 3 heteroatoms. The summed E-state index contributed by atoms with van der Waals surface area (Å²) in [6, 6.07) is 4.48. The number of ether oxygens (including phenoxy) is 1. The zero-order chi connectivity index (χ0) is 11.4. The first-order valence-corrected chi connectivity index (χ1v) is 6.06. The predicted octanol–water partition coefficient (Wildman–Crippen LogP) is 3.08. The van der Waals surface area contributed by atoms with Crippen molar-refractivity contribution in [3.63, 3.8) is 0 Å². The van der Waals surface area contributed by atoms with Crippen molar-refractivity contribution in [3.05, 3.63) is 18.3 Å². The quantitative estimate of drug-likeness (QED) is 0.846. The van der Waals surface area contributed by atoms with Crippen LogP contribution in [0.1, 0.15) is 32.6 Å². The molecule has 0 aliphatic heterocycles. The van der Waals surface area contributed by atoms with Gasteiger partial charge in [0, 0.05) is 24.0 Å². The van der Waals surface area contributed by atoms with Crippen molar-refractivity contribution < 1.29 is 4.74 Å². The molecular weight excluding hydrogens is 200 g/mol. The lowest BCUT2D eigenvalue weighted by Gasteiger charge is -2.21. The molecule has 1 heterocycles. The Bertz CT molecular complexity index is 334. The number of hydrogen-bond donors (Lipinski definition) is 1. The van der Waals surface area contributed by atoms with E-state index in [4.69, 9.17) is 4.74 Å². The average Bonchev–Trinajstić information content (AvgIpc) is 2.83. The van der Waals surface area contributed by atoms with E-state index in [1.54, 1.807) is 13.3 Å². The van der Waals surface area contributed by atoms with Crippen LogP contribution in [0.5, 0.6) is 5.88 Å². The maximum atomic E-state index is 5.11. The van der Waals surface area contributed by atoms with Gasteiger partial charge in [0.15, 0.2) is 0 Å². The zero-order valence-electron chi connectivity index (χ0n) is 10.1. The molecule has 1 aliphatic carbocycles. The van der Waals surface area contributed by atoms with Crippen molar-refractivity contribution in [3.8, 4) is 5.88 Å². The van der Waals surface area contributed by atoms with Crippen LogP contribution in [0.2, 0.25) is 0 Å². The Morgan fingerprint density at radius 2 is 2.19 bits per heavy atom. The van der Waals surface area contributed by atoms with E-state index in [2.05, 4.69) is 17.2 Å². The van der Waals surface area contributed by atoms with Gasteiger partial charge in [0.25, 0.3) is 0 Å². The van der Waals surface area contributed by atoms with Crippen molar-refractivity contribution in [1.82, 2.24) is 4.98 Å². The van der Waals surface area contributed by atoms with Gasteiger partial charge in [-0.1, -0.05) is 12.8 Å².